The summed E-state index contributed by atoms with van der Waals surface area (Å²) in [5, 5.41) is 0. The van der Waals surface area contributed by atoms with E-state index in [1.54, 1.807) is 0 Å². The van der Waals surface area contributed by atoms with Crippen LogP contribution >= 0.6 is 0 Å². The van der Waals surface area contributed by atoms with Gasteiger partial charge in [-0.3, -0.25) is 9.69 Å². The van der Waals surface area contributed by atoms with Crippen LogP contribution in [0, 0.1) is 0 Å². The minimum Gasteiger partial charge on any atom is -0.370 e. The highest BCUT2D eigenvalue weighted by molar-refractivity contribution is 5.73. The molecule has 1 heterocycles. The Bertz CT molecular complexity index is 184. The van der Waals surface area contributed by atoms with Gasteiger partial charge in [0.05, 0.1) is 0 Å². The molecule has 1 aliphatic heterocycles. The van der Waals surface area contributed by atoms with Gasteiger partial charge < -0.3 is 5.73 Å². The van der Waals surface area contributed by atoms with E-state index in [1.807, 2.05) is 0 Å². The largest absolute Gasteiger partial charge is 0.370 e. The summed E-state index contributed by atoms with van der Waals surface area (Å²) in [4.78, 5) is 13.1. The number of likely N-dealkylation sites (tertiary alicyclic amines) is 1. The van der Waals surface area contributed by atoms with Gasteiger partial charge in [-0.2, -0.15) is 0 Å². The zero-order chi connectivity index (χ0) is 10.6. The number of primary amides is 1. The maximum Gasteiger partial charge on any atom is 0.217 e. The molecule has 2 N–H and O–H groups in total. The predicted molar refractivity (Wildman–Crippen MR) is 57.9 cm³/mol. The van der Waals surface area contributed by atoms with E-state index in [0.717, 1.165) is 13.0 Å². The molecule has 0 unspecified atom stereocenters. The van der Waals surface area contributed by atoms with Crippen molar-refractivity contribution in [2.75, 3.05) is 6.54 Å². The van der Waals surface area contributed by atoms with E-state index in [4.69, 9.17) is 5.73 Å². The lowest BCUT2D eigenvalue weighted by molar-refractivity contribution is -0.118. The summed E-state index contributed by atoms with van der Waals surface area (Å²) < 4.78 is 0. The maximum atomic E-state index is 10.6. The van der Waals surface area contributed by atoms with Crippen LogP contribution in [0.1, 0.15) is 46.0 Å². The second kappa shape index (κ2) is 5.35. The Balaban J connectivity index is 2.29. The minimum atomic E-state index is -0.178. The zero-order valence-electron chi connectivity index (χ0n) is 9.33. The van der Waals surface area contributed by atoms with Gasteiger partial charge in [-0.05, 0) is 39.7 Å². The van der Waals surface area contributed by atoms with Crippen LogP contribution in [0.25, 0.3) is 0 Å². The van der Waals surface area contributed by atoms with Crippen molar-refractivity contribution in [3.05, 3.63) is 0 Å². The highest BCUT2D eigenvalue weighted by Crippen LogP contribution is 2.22. The number of carbonyl (C=O) groups excluding carboxylic acids is 1. The Kier molecular flexibility index (Phi) is 4.39. The Morgan fingerprint density at radius 1 is 1.36 bits per heavy atom. The topological polar surface area (TPSA) is 46.3 Å². The third-order valence-electron chi connectivity index (χ3n) is 3.22. The van der Waals surface area contributed by atoms with Crippen LogP contribution in [0.3, 0.4) is 0 Å². The van der Waals surface area contributed by atoms with Gasteiger partial charge in [0.2, 0.25) is 5.91 Å². The quantitative estimate of drug-likeness (QED) is 0.744. The summed E-state index contributed by atoms with van der Waals surface area (Å²) >= 11 is 0. The van der Waals surface area contributed by atoms with Crippen molar-refractivity contribution in [3.63, 3.8) is 0 Å². The molecule has 1 rings (SSSR count). The van der Waals surface area contributed by atoms with Crippen molar-refractivity contribution in [2.45, 2.75) is 58.0 Å². The summed E-state index contributed by atoms with van der Waals surface area (Å²) in [7, 11) is 0. The van der Waals surface area contributed by atoms with Gasteiger partial charge in [0.15, 0.2) is 0 Å². The lowest BCUT2D eigenvalue weighted by Gasteiger charge is -2.39. The minimum absolute atomic E-state index is 0.178. The fourth-order valence-electron chi connectivity index (χ4n) is 2.35. The normalized spacial score (nSPS) is 29.0. The number of rotatable bonds is 4. The van der Waals surface area contributed by atoms with E-state index >= 15 is 0 Å². The van der Waals surface area contributed by atoms with E-state index < -0.39 is 0 Å². The molecule has 0 spiro atoms. The molecule has 0 saturated carbocycles. The van der Waals surface area contributed by atoms with Crippen molar-refractivity contribution in [1.29, 1.82) is 0 Å². The second-order valence-electron chi connectivity index (χ2n) is 4.44. The SMILES string of the molecule is C[C@@H]1CCC[C@H](C)N1CCCC(N)=O. The highest BCUT2D eigenvalue weighted by atomic mass is 16.1. The second-order valence-corrected chi connectivity index (χ2v) is 4.44. The average Bonchev–Trinajstić information content (AvgIpc) is 2.09. The van der Waals surface area contributed by atoms with Crippen LogP contribution in [0.5, 0.6) is 0 Å². The lowest BCUT2D eigenvalue weighted by atomic mass is 9.97. The Morgan fingerprint density at radius 3 is 2.43 bits per heavy atom. The summed E-state index contributed by atoms with van der Waals surface area (Å²) in [5.74, 6) is -0.178. The van der Waals surface area contributed by atoms with Crippen LogP contribution < -0.4 is 5.73 Å². The summed E-state index contributed by atoms with van der Waals surface area (Å²) in [6.45, 7) is 5.57. The van der Waals surface area contributed by atoms with E-state index in [9.17, 15) is 4.79 Å². The summed E-state index contributed by atoms with van der Waals surface area (Å²) in [6, 6.07) is 1.35. The fourth-order valence-corrected chi connectivity index (χ4v) is 2.35. The molecule has 0 aromatic heterocycles. The third kappa shape index (κ3) is 3.29. The van der Waals surface area contributed by atoms with Crippen molar-refractivity contribution in [2.24, 2.45) is 5.73 Å². The molecule has 0 aliphatic carbocycles. The van der Waals surface area contributed by atoms with Crippen LogP contribution in [-0.2, 0) is 4.79 Å². The molecule has 1 saturated heterocycles. The van der Waals surface area contributed by atoms with Crippen LogP contribution in [0.4, 0.5) is 0 Å². The van der Waals surface area contributed by atoms with Crippen LogP contribution in [0.15, 0.2) is 0 Å². The molecule has 3 nitrogen and oxygen atoms in total. The highest BCUT2D eigenvalue weighted by Gasteiger charge is 2.23. The van der Waals surface area contributed by atoms with Gasteiger partial charge >= 0.3 is 0 Å². The monoisotopic (exact) mass is 198 g/mol. The molecule has 14 heavy (non-hydrogen) atoms. The van der Waals surface area contributed by atoms with E-state index in [2.05, 4.69) is 18.7 Å². The van der Waals surface area contributed by atoms with E-state index in [-0.39, 0.29) is 5.91 Å². The Hall–Kier alpha value is -0.570. The van der Waals surface area contributed by atoms with Crippen molar-refractivity contribution >= 4 is 5.91 Å². The number of piperidine rings is 1. The summed E-state index contributed by atoms with van der Waals surface area (Å²) in [5.41, 5.74) is 5.12. The zero-order valence-corrected chi connectivity index (χ0v) is 9.33. The number of amides is 1. The standard InChI is InChI=1S/C11H22N2O/c1-9-5-3-6-10(2)13(9)8-4-7-11(12)14/h9-10H,3-8H2,1-2H3,(H2,12,14)/t9-,10+. The van der Waals surface area contributed by atoms with Gasteiger partial charge in [0.25, 0.3) is 0 Å². The molecular weight excluding hydrogens is 176 g/mol. The maximum absolute atomic E-state index is 10.6. The van der Waals surface area contributed by atoms with Crippen molar-refractivity contribution < 1.29 is 4.79 Å². The van der Waals surface area contributed by atoms with Crippen LogP contribution in [0.2, 0.25) is 0 Å². The number of nitrogens with zero attached hydrogens (tertiary/aromatic N) is 1. The molecule has 0 aromatic carbocycles. The first-order valence-corrected chi connectivity index (χ1v) is 5.65. The van der Waals surface area contributed by atoms with Gasteiger partial charge in [-0.25, -0.2) is 0 Å². The van der Waals surface area contributed by atoms with Gasteiger partial charge in [0.1, 0.15) is 0 Å². The first kappa shape index (κ1) is 11.5. The number of carbonyl (C=O) groups is 1. The molecule has 2 atom stereocenters. The molecule has 0 bridgehead atoms. The van der Waals surface area contributed by atoms with E-state index in [1.165, 1.54) is 19.3 Å². The molecule has 82 valence electrons. The Labute approximate surface area is 86.6 Å². The van der Waals surface area contributed by atoms with Crippen molar-refractivity contribution in [3.8, 4) is 0 Å². The number of hydrogen-bond acceptors (Lipinski definition) is 2. The molecule has 0 aromatic rings. The number of hydrogen-bond donors (Lipinski definition) is 1. The third-order valence-corrected chi connectivity index (χ3v) is 3.22. The molecular formula is C11H22N2O. The van der Waals surface area contributed by atoms with Gasteiger partial charge in [-0.15, -0.1) is 0 Å². The van der Waals surface area contributed by atoms with Gasteiger partial charge in [-0.1, -0.05) is 6.42 Å². The number of nitrogens with two attached hydrogens (primary N) is 1. The first-order valence-electron chi connectivity index (χ1n) is 5.65. The molecule has 1 aliphatic rings. The fraction of sp³-hybridized carbons (Fsp3) is 0.909. The summed E-state index contributed by atoms with van der Waals surface area (Å²) in [6.07, 6.45) is 5.36. The molecule has 1 fully saturated rings. The average molecular weight is 198 g/mol. The van der Waals surface area contributed by atoms with Gasteiger partial charge in [0, 0.05) is 18.5 Å². The van der Waals surface area contributed by atoms with Crippen molar-refractivity contribution in [1.82, 2.24) is 4.90 Å². The smallest absolute Gasteiger partial charge is 0.217 e. The molecule has 3 heteroatoms. The lowest BCUT2D eigenvalue weighted by Crippen LogP contribution is -2.44. The molecule has 0 radical (unpaired) electrons. The van der Waals surface area contributed by atoms with Crippen LogP contribution in [-0.4, -0.2) is 29.4 Å². The van der Waals surface area contributed by atoms with E-state index in [0.29, 0.717) is 18.5 Å². The Morgan fingerprint density at radius 2 is 1.93 bits per heavy atom. The predicted octanol–water partition coefficient (Wildman–Crippen LogP) is 1.51. The first-order chi connectivity index (χ1) is 6.61. The molecule has 1 amide bonds.